The Labute approximate surface area is 94.5 Å². The molecule has 0 amide bonds. The average molecular weight is 230 g/mol. The van der Waals surface area contributed by atoms with Gasteiger partial charge in [0, 0.05) is 24.4 Å². The Morgan fingerprint density at radius 1 is 1.60 bits per heavy atom. The molecule has 0 spiro atoms. The van der Waals surface area contributed by atoms with Crippen LogP contribution in [-0.4, -0.2) is 22.7 Å². The highest BCUT2D eigenvalue weighted by Crippen LogP contribution is 2.17. The van der Waals surface area contributed by atoms with Gasteiger partial charge in [0.25, 0.3) is 0 Å². The lowest BCUT2D eigenvalue weighted by molar-refractivity contribution is 0.278. The highest BCUT2D eigenvalue weighted by molar-refractivity contribution is 6.29. The Morgan fingerprint density at radius 2 is 2.33 bits per heavy atom. The Morgan fingerprint density at radius 3 is 2.87 bits per heavy atom. The van der Waals surface area contributed by atoms with Crippen LogP contribution in [0, 0.1) is 0 Å². The third-order valence-electron chi connectivity index (χ3n) is 2.14. The van der Waals surface area contributed by atoms with Crippen molar-refractivity contribution in [2.75, 3.05) is 17.7 Å². The third kappa shape index (κ3) is 3.93. The van der Waals surface area contributed by atoms with Crippen LogP contribution in [0.3, 0.4) is 0 Å². The van der Waals surface area contributed by atoms with Crippen LogP contribution in [0.15, 0.2) is 12.1 Å². The van der Waals surface area contributed by atoms with Gasteiger partial charge in [0.05, 0.1) is 0 Å². The van der Waals surface area contributed by atoms with E-state index in [9.17, 15) is 0 Å². The lowest BCUT2D eigenvalue weighted by atomic mass is 10.1. The number of nitrogen functional groups attached to an aromatic ring is 1. The number of aliphatic hydroxyl groups excluding tert-OH is 1. The highest BCUT2D eigenvalue weighted by atomic mass is 35.5. The van der Waals surface area contributed by atoms with Crippen molar-refractivity contribution in [3.8, 4) is 0 Å². The van der Waals surface area contributed by atoms with Crippen molar-refractivity contribution in [1.82, 2.24) is 4.98 Å². The predicted molar refractivity (Wildman–Crippen MR) is 63.1 cm³/mol. The van der Waals surface area contributed by atoms with Crippen molar-refractivity contribution in [2.45, 2.75) is 25.8 Å². The molecule has 4 nitrogen and oxygen atoms in total. The fourth-order valence-electron chi connectivity index (χ4n) is 1.33. The molecule has 0 aliphatic heterocycles. The quantitative estimate of drug-likeness (QED) is 0.675. The Bertz CT molecular complexity index is 299. The van der Waals surface area contributed by atoms with E-state index < -0.39 is 0 Å². The monoisotopic (exact) mass is 229 g/mol. The van der Waals surface area contributed by atoms with Gasteiger partial charge in [-0.25, -0.2) is 4.98 Å². The Balaban J connectivity index is 2.69. The van der Waals surface area contributed by atoms with E-state index in [-0.39, 0.29) is 12.6 Å². The van der Waals surface area contributed by atoms with E-state index in [4.69, 9.17) is 22.4 Å². The number of hydrogen-bond donors (Lipinski definition) is 3. The van der Waals surface area contributed by atoms with Crippen molar-refractivity contribution in [3.63, 3.8) is 0 Å². The molecule has 0 fully saturated rings. The molecular weight excluding hydrogens is 214 g/mol. The highest BCUT2D eigenvalue weighted by Gasteiger charge is 2.06. The molecule has 0 radical (unpaired) electrons. The van der Waals surface area contributed by atoms with Crippen LogP contribution >= 0.6 is 11.6 Å². The zero-order valence-electron chi connectivity index (χ0n) is 8.70. The summed E-state index contributed by atoms with van der Waals surface area (Å²) < 4.78 is 0. The molecule has 0 saturated carbocycles. The van der Waals surface area contributed by atoms with E-state index in [1.165, 1.54) is 0 Å². The molecular formula is C10H16ClN3O. The van der Waals surface area contributed by atoms with Gasteiger partial charge >= 0.3 is 0 Å². The van der Waals surface area contributed by atoms with Crippen molar-refractivity contribution in [2.24, 2.45) is 0 Å². The van der Waals surface area contributed by atoms with Gasteiger partial charge in [0.1, 0.15) is 11.0 Å². The molecule has 1 aromatic rings. The summed E-state index contributed by atoms with van der Waals surface area (Å²) in [4.78, 5) is 4.10. The molecule has 0 aliphatic rings. The minimum atomic E-state index is 0.154. The van der Waals surface area contributed by atoms with Gasteiger partial charge in [-0.1, -0.05) is 18.5 Å². The first-order chi connectivity index (χ1) is 7.15. The zero-order chi connectivity index (χ0) is 11.3. The van der Waals surface area contributed by atoms with Crippen molar-refractivity contribution in [3.05, 3.63) is 17.3 Å². The van der Waals surface area contributed by atoms with Crippen LogP contribution in [0.4, 0.5) is 11.5 Å². The molecule has 84 valence electrons. The molecule has 5 heteroatoms. The molecule has 1 aromatic heterocycles. The lowest BCUT2D eigenvalue weighted by Gasteiger charge is -2.16. The molecule has 1 rings (SSSR count). The average Bonchev–Trinajstić information content (AvgIpc) is 2.15. The van der Waals surface area contributed by atoms with Crippen LogP contribution in [0.25, 0.3) is 0 Å². The summed E-state index contributed by atoms with van der Waals surface area (Å²) in [5, 5.41) is 12.4. The molecule has 1 heterocycles. The maximum absolute atomic E-state index is 8.84. The standard InChI is InChI=1S/C10H16ClN3O/c1-2-8(3-4-15)13-10-6-7(12)5-9(11)14-10/h5-6,8,15H,2-4H2,1H3,(H3,12,13,14). The number of hydrogen-bond acceptors (Lipinski definition) is 4. The van der Waals surface area contributed by atoms with Gasteiger partial charge in [-0.2, -0.15) is 0 Å². The van der Waals surface area contributed by atoms with Crippen molar-refractivity contribution >= 4 is 23.1 Å². The SMILES string of the molecule is CCC(CCO)Nc1cc(N)cc(Cl)n1. The zero-order valence-corrected chi connectivity index (χ0v) is 9.46. The summed E-state index contributed by atoms with van der Waals surface area (Å²) in [5.41, 5.74) is 6.22. The number of aliphatic hydroxyl groups is 1. The van der Waals surface area contributed by atoms with Gasteiger partial charge in [-0.3, -0.25) is 0 Å². The smallest absolute Gasteiger partial charge is 0.133 e. The number of nitrogens with zero attached hydrogens (tertiary/aromatic N) is 1. The summed E-state index contributed by atoms with van der Waals surface area (Å²) in [6, 6.07) is 3.52. The third-order valence-corrected chi connectivity index (χ3v) is 2.33. The number of nitrogens with two attached hydrogens (primary N) is 1. The van der Waals surface area contributed by atoms with Crippen LogP contribution < -0.4 is 11.1 Å². The minimum absolute atomic E-state index is 0.154. The van der Waals surface area contributed by atoms with E-state index in [1.807, 2.05) is 6.92 Å². The van der Waals surface area contributed by atoms with Crippen LogP contribution in [-0.2, 0) is 0 Å². The van der Waals surface area contributed by atoms with E-state index in [0.717, 1.165) is 6.42 Å². The second kappa shape index (κ2) is 5.78. The first-order valence-corrected chi connectivity index (χ1v) is 5.34. The first kappa shape index (κ1) is 12.1. The molecule has 0 aliphatic carbocycles. The fourth-order valence-corrected chi connectivity index (χ4v) is 1.55. The molecule has 1 atom stereocenters. The maximum atomic E-state index is 8.84. The number of rotatable bonds is 5. The number of nitrogens with one attached hydrogen (secondary N) is 1. The lowest BCUT2D eigenvalue weighted by Crippen LogP contribution is -2.20. The number of anilines is 2. The number of aromatic nitrogens is 1. The topological polar surface area (TPSA) is 71.2 Å². The van der Waals surface area contributed by atoms with Gasteiger partial charge < -0.3 is 16.2 Å². The van der Waals surface area contributed by atoms with Gasteiger partial charge in [0.15, 0.2) is 0 Å². The Kier molecular flexibility index (Phi) is 4.65. The second-order valence-electron chi connectivity index (χ2n) is 3.37. The van der Waals surface area contributed by atoms with Crippen LogP contribution in [0.5, 0.6) is 0 Å². The van der Waals surface area contributed by atoms with E-state index in [1.54, 1.807) is 12.1 Å². The van der Waals surface area contributed by atoms with E-state index in [0.29, 0.717) is 23.1 Å². The summed E-state index contributed by atoms with van der Waals surface area (Å²) >= 11 is 5.77. The van der Waals surface area contributed by atoms with Crippen molar-refractivity contribution in [1.29, 1.82) is 0 Å². The van der Waals surface area contributed by atoms with Crippen LogP contribution in [0.1, 0.15) is 19.8 Å². The number of halogens is 1. The number of pyridine rings is 1. The largest absolute Gasteiger partial charge is 0.399 e. The van der Waals surface area contributed by atoms with Gasteiger partial charge in [0.2, 0.25) is 0 Å². The summed E-state index contributed by atoms with van der Waals surface area (Å²) in [6.45, 7) is 2.20. The summed E-state index contributed by atoms with van der Waals surface area (Å²) in [6.07, 6.45) is 1.60. The second-order valence-corrected chi connectivity index (χ2v) is 3.76. The normalized spacial score (nSPS) is 12.5. The predicted octanol–water partition coefficient (Wildman–Crippen LogP) is 1.89. The molecule has 4 N–H and O–H groups in total. The summed E-state index contributed by atoms with van der Waals surface area (Å²) in [5.74, 6) is 0.653. The fraction of sp³-hybridized carbons (Fsp3) is 0.500. The summed E-state index contributed by atoms with van der Waals surface area (Å²) in [7, 11) is 0. The molecule has 1 unspecified atom stereocenters. The molecule has 0 saturated heterocycles. The maximum Gasteiger partial charge on any atom is 0.133 e. The molecule has 0 aromatic carbocycles. The first-order valence-electron chi connectivity index (χ1n) is 4.96. The Hall–Kier alpha value is -1.00. The van der Waals surface area contributed by atoms with Gasteiger partial charge in [-0.15, -0.1) is 0 Å². The molecule has 15 heavy (non-hydrogen) atoms. The van der Waals surface area contributed by atoms with E-state index in [2.05, 4.69) is 10.3 Å². The van der Waals surface area contributed by atoms with Crippen molar-refractivity contribution < 1.29 is 5.11 Å². The van der Waals surface area contributed by atoms with E-state index >= 15 is 0 Å². The minimum Gasteiger partial charge on any atom is -0.399 e. The van der Waals surface area contributed by atoms with Crippen LogP contribution in [0.2, 0.25) is 5.15 Å². The van der Waals surface area contributed by atoms with Gasteiger partial charge in [-0.05, 0) is 18.9 Å². The molecule has 0 bridgehead atoms.